The van der Waals surface area contributed by atoms with Crippen molar-refractivity contribution in [2.24, 2.45) is 0 Å². The second-order valence-corrected chi connectivity index (χ2v) is 7.99. The molecular formula is C19H18N2O5S. The molecule has 0 saturated heterocycles. The van der Waals surface area contributed by atoms with Gasteiger partial charge in [0.05, 0.1) is 22.1 Å². The molecule has 0 aromatic heterocycles. The molecule has 140 valence electrons. The van der Waals surface area contributed by atoms with E-state index in [9.17, 15) is 18.0 Å². The third kappa shape index (κ3) is 5.15. The molecule has 0 heterocycles. The molecule has 0 bridgehead atoms. The molecule has 0 saturated carbocycles. The van der Waals surface area contributed by atoms with E-state index in [2.05, 4.69) is 5.32 Å². The lowest BCUT2D eigenvalue weighted by Gasteiger charge is -2.15. The number of aryl methyl sites for hydroxylation is 1. The monoisotopic (exact) mass is 386 g/mol. The number of ether oxygens (including phenoxy) is 1. The predicted octanol–water partition coefficient (Wildman–Crippen LogP) is 2.45. The maximum Gasteiger partial charge on any atom is 0.339 e. The maximum atomic E-state index is 12.4. The molecule has 0 aliphatic carbocycles. The average Bonchev–Trinajstić information content (AvgIpc) is 2.61. The normalized spacial score (nSPS) is 11.9. The molecule has 0 unspecified atom stereocenters. The van der Waals surface area contributed by atoms with Gasteiger partial charge >= 0.3 is 5.97 Å². The van der Waals surface area contributed by atoms with Gasteiger partial charge in [-0.25, -0.2) is 13.2 Å². The Kier molecular flexibility index (Phi) is 5.98. The van der Waals surface area contributed by atoms with Crippen molar-refractivity contribution in [3.63, 3.8) is 0 Å². The zero-order valence-electron chi connectivity index (χ0n) is 15.0. The minimum absolute atomic E-state index is 0.00882. The molecule has 0 spiro atoms. The molecule has 0 fully saturated rings. The second kappa shape index (κ2) is 8.01. The lowest BCUT2D eigenvalue weighted by Crippen LogP contribution is -2.30. The molecule has 2 aromatic carbocycles. The summed E-state index contributed by atoms with van der Waals surface area (Å²) in [6.45, 7) is 3.04. The van der Waals surface area contributed by atoms with Crippen LogP contribution in [0.2, 0.25) is 0 Å². The third-order valence-electron chi connectivity index (χ3n) is 3.77. The highest BCUT2D eigenvalue weighted by Gasteiger charge is 2.21. The molecule has 1 atom stereocenters. The Bertz CT molecular complexity index is 1040. The summed E-state index contributed by atoms with van der Waals surface area (Å²) in [6, 6.07) is 12.4. The van der Waals surface area contributed by atoms with Crippen molar-refractivity contribution in [3.05, 3.63) is 59.2 Å². The first-order valence-electron chi connectivity index (χ1n) is 7.94. The van der Waals surface area contributed by atoms with Gasteiger partial charge < -0.3 is 10.1 Å². The van der Waals surface area contributed by atoms with Crippen LogP contribution in [0, 0.1) is 18.3 Å². The van der Waals surface area contributed by atoms with Gasteiger partial charge in [-0.1, -0.05) is 12.1 Å². The Hall–Kier alpha value is -3.18. The second-order valence-electron chi connectivity index (χ2n) is 5.98. The van der Waals surface area contributed by atoms with Gasteiger partial charge in [0.25, 0.3) is 5.91 Å². The fraction of sp³-hybridized carbons (Fsp3) is 0.211. The number of benzene rings is 2. The predicted molar refractivity (Wildman–Crippen MR) is 99.0 cm³/mol. The average molecular weight is 386 g/mol. The summed E-state index contributed by atoms with van der Waals surface area (Å²) in [4.78, 5) is 24.6. The first-order valence-corrected chi connectivity index (χ1v) is 9.83. The summed E-state index contributed by atoms with van der Waals surface area (Å²) in [5.74, 6) is -1.37. The Balaban J connectivity index is 2.13. The molecule has 7 nitrogen and oxygen atoms in total. The number of carbonyl (C=O) groups is 2. The topological polar surface area (TPSA) is 113 Å². The molecule has 2 aromatic rings. The highest BCUT2D eigenvalue weighted by Crippen LogP contribution is 2.18. The number of nitriles is 1. The summed E-state index contributed by atoms with van der Waals surface area (Å²) < 4.78 is 28.5. The Labute approximate surface area is 157 Å². The van der Waals surface area contributed by atoms with E-state index >= 15 is 0 Å². The van der Waals surface area contributed by atoms with Gasteiger partial charge in [-0.05, 0) is 49.7 Å². The number of hydrogen-bond acceptors (Lipinski definition) is 6. The number of hydrogen-bond donors (Lipinski definition) is 1. The third-order valence-corrected chi connectivity index (χ3v) is 4.88. The van der Waals surface area contributed by atoms with Crippen LogP contribution in [0.15, 0.2) is 47.4 Å². The summed E-state index contributed by atoms with van der Waals surface area (Å²) in [5.41, 5.74) is 1.38. The highest BCUT2D eigenvalue weighted by atomic mass is 32.2. The minimum atomic E-state index is -3.48. The van der Waals surface area contributed by atoms with Crippen molar-refractivity contribution in [1.29, 1.82) is 5.26 Å². The van der Waals surface area contributed by atoms with Crippen LogP contribution in [0.5, 0.6) is 0 Å². The quantitative estimate of drug-likeness (QED) is 0.790. The Morgan fingerprint density at radius 3 is 2.52 bits per heavy atom. The van der Waals surface area contributed by atoms with Crippen LogP contribution in [0.25, 0.3) is 0 Å². The number of rotatable bonds is 5. The van der Waals surface area contributed by atoms with E-state index in [1.807, 2.05) is 6.07 Å². The van der Waals surface area contributed by atoms with E-state index in [1.165, 1.54) is 31.2 Å². The molecule has 0 aliphatic rings. The van der Waals surface area contributed by atoms with Crippen LogP contribution in [0.4, 0.5) is 5.69 Å². The number of nitrogens with one attached hydrogen (secondary N) is 1. The maximum absolute atomic E-state index is 12.4. The van der Waals surface area contributed by atoms with E-state index in [1.54, 1.807) is 25.1 Å². The number of anilines is 1. The van der Waals surface area contributed by atoms with Crippen molar-refractivity contribution in [2.45, 2.75) is 24.8 Å². The fourth-order valence-electron chi connectivity index (χ4n) is 2.24. The summed E-state index contributed by atoms with van der Waals surface area (Å²) >= 11 is 0. The van der Waals surface area contributed by atoms with E-state index in [0.29, 0.717) is 16.8 Å². The smallest absolute Gasteiger partial charge is 0.339 e. The molecule has 2 rings (SSSR count). The van der Waals surface area contributed by atoms with Crippen molar-refractivity contribution in [3.8, 4) is 6.07 Å². The molecule has 8 heteroatoms. The first-order chi connectivity index (χ1) is 12.6. The molecule has 0 radical (unpaired) electrons. The lowest BCUT2D eigenvalue weighted by molar-refractivity contribution is -0.123. The van der Waals surface area contributed by atoms with E-state index in [-0.39, 0.29) is 10.5 Å². The standard InChI is InChI=1S/C19H18N2O5S/c1-12-7-8-16(27(3,24)25)10-17(12)19(23)26-13(2)18(22)21-15-6-4-5-14(9-15)11-20/h4-10,13H,1-3H3,(H,21,22)/t13-/m0/s1. The van der Waals surface area contributed by atoms with Crippen LogP contribution < -0.4 is 5.32 Å². The molecule has 1 N–H and O–H groups in total. The van der Waals surface area contributed by atoms with Crippen molar-refractivity contribution in [2.75, 3.05) is 11.6 Å². The zero-order chi connectivity index (χ0) is 20.2. The number of amides is 1. The molecule has 1 amide bonds. The van der Waals surface area contributed by atoms with E-state index in [4.69, 9.17) is 10.00 Å². The Morgan fingerprint density at radius 2 is 1.89 bits per heavy atom. The summed E-state index contributed by atoms with van der Waals surface area (Å²) in [6.07, 6.45) is -0.0809. The van der Waals surface area contributed by atoms with Gasteiger partial charge in [-0.15, -0.1) is 0 Å². The van der Waals surface area contributed by atoms with Crippen molar-refractivity contribution >= 4 is 27.4 Å². The summed E-state index contributed by atoms with van der Waals surface area (Å²) in [5, 5.41) is 11.4. The SMILES string of the molecule is Cc1ccc(S(C)(=O)=O)cc1C(=O)O[C@@H](C)C(=O)Nc1cccc(C#N)c1. The largest absolute Gasteiger partial charge is 0.449 e. The van der Waals surface area contributed by atoms with Gasteiger partial charge in [0.1, 0.15) is 0 Å². The summed E-state index contributed by atoms with van der Waals surface area (Å²) in [7, 11) is -3.48. The van der Waals surface area contributed by atoms with Gasteiger partial charge in [0.2, 0.25) is 0 Å². The molecule has 0 aliphatic heterocycles. The number of sulfone groups is 1. The fourth-order valence-corrected chi connectivity index (χ4v) is 2.89. The van der Waals surface area contributed by atoms with Gasteiger partial charge in [0, 0.05) is 11.9 Å². The first kappa shape index (κ1) is 20.1. The van der Waals surface area contributed by atoms with Crippen molar-refractivity contribution < 1.29 is 22.7 Å². The van der Waals surface area contributed by atoms with Crippen LogP contribution in [0.1, 0.15) is 28.4 Å². The van der Waals surface area contributed by atoms with Gasteiger partial charge in [-0.2, -0.15) is 5.26 Å². The number of esters is 1. The van der Waals surface area contributed by atoms with Crippen LogP contribution >= 0.6 is 0 Å². The van der Waals surface area contributed by atoms with Crippen LogP contribution in [0.3, 0.4) is 0 Å². The van der Waals surface area contributed by atoms with E-state index in [0.717, 1.165) is 6.26 Å². The molecule has 27 heavy (non-hydrogen) atoms. The lowest BCUT2D eigenvalue weighted by atomic mass is 10.1. The van der Waals surface area contributed by atoms with Crippen LogP contribution in [-0.2, 0) is 19.4 Å². The van der Waals surface area contributed by atoms with Gasteiger partial charge in [0.15, 0.2) is 15.9 Å². The number of nitrogens with zero attached hydrogens (tertiary/aromatic N) is 1. The van der Waals surface area contributed by atoms with E-state index < -0.39 is 27.8 Å². The Morgan fingerprint density at radius 1 is 1.19 bits per heavy atom. The van der Waals surface area contributed by atoms with Gasteiger partial charge in [-0.3, -0.25) is 4.79 Å². The van der Waals surface area contributed by atoms with Crippen LogP contribution in [-0.4, -0.2) is 32.7 Å². The number of carbonyl (C=O) groups excluding carboxylic acids is 2. The zero-order valence-corrected chi connectivity index (χ0v) is 15.8. The van der Waals surface area contributed by atoms with Crippen molar-refractivity contribution in [1.82, 2.24) is 0 Å². The highest BCUT2D eigenvalue weighted by molar-refractivity contribution is 7.90. The molecular weight excluding hydrogens is 368 g/mol. The minimum Gasteiger partial charge on any atom is -0.449 e.